The van der Waals surface area contributed by atoms with Crippen LogP contribution < -0.4 is 12.4 Å². The van der Waals surface area contributed by atoms with E-state index in [1.165, 1.54) is 178 Å². The second-order valence-corrected chi connectivity index (χ2v) is 17.6. The molecule has 0 aliphatic carbocycles. The van der Waals surface area contributed by atoms with E-state index in [1.54, 1.807) is 0 Å². The van der Waals surface area contributed by atoms with Gasteiger partial charge >= 0.3 is 8.80 Å². The Hall–Kier alpha value is 0.347. The van der Waals surface area contributed by atoms with Crippen molar-refractivity contribution in [2.45, 2.75) is 220 Å². The van der Waals surface area contributed by atoms with Crippen LogP contribution >= 0.6 is 0 Å². The van der Waals surface area contributed by atoms with Crippen LogP contribution in [0.15, 0.2) is 0 Å². The van der Waals surface area contributed by atoms with E-state index >= 15 is 0 Å². The molecule has 0 fully saturated rings. The van der Waals surface area contributed by atoms with E-state index in [0.717, 1.165) is 51.5 Å². The van der Waals surface area contributed by atoms with Crippen LogP contribution in [-0.2, 0) is 13.3 Å². The molecule has 0 bridgehead atoms. The molecule has 6 heteroatoms. The Bertz CT molecular complexity index is 547. The van der Waals surface area contributed by atoms with Crippen molar-refractivity contribution in [1.29, 1.82) is 0 Å². The highest BCUT2D eigenvalue weighted by Gasteiger charge is 2.41. The molecule has 0 heterocycles. The molecular weight excluding hydrogens is 618 g/mol. The lowest BCUT2D eigenvalue weighted by molar-refractivity contribution is -0.910. The van der Waals surface area contributed by atoms with Gasteiger partial charge in [0.25, 0.3) is 0 Å². The van der Waals surface area contributed by atoms with E-state index in [2.05, 4.69) is 41.7 Å². The van der Waals surface area contributed by atoms with Crippen molar-refractivity contribution in [2.24, 2.45) is 0 Å². The minimum Gasteiger partial charge on any atom is -1.00 e. The molecule has 0 saturated heterocycles. The van der Waals surface area contributed by atoms with Crippen LogP contribution in [0.2, 0.25) is 6.04 Å². The van der Waals surface area contributed by atoms with Crippen LogP contribution in [-0.4, -0.2) is 59.8 Å². The van der Waals surface area contributed by atoms with E-state index in [1.807, 2.05) is 0 Å². The molecule has 0 aliphatic heterocycles. The minimum atomic E-state index is -2.61. The molecular formula is C41H88ClNO3Si. The molecule has 0 aromatic heterocycles. The summed E-state index contributed by atoms with van der Waals surface area (Å²) in [5.74, 6) is 0. The third-order valence-corrected chi connectivity index (χ3v) is 12.8. The van der Waals surface area contributed by atoms with Gasteiger partial charge in [-0.2, -0.15) is 0 Å². The summed E-state index contributed by atoms with van der Waals surface area (Å²) < 4.78 is 20.5. The molecule has 0 radical (unpaired) electrons. The number of unbranched alkanes of at least 4 members (excludes halogenated alkanes) is 22. The molecule has 0 atom stereocenters. The Morgan fingerprint density at radius 3 is 0.872 bits per heavy atom. The van der Waals surface area contributed by atoms with Gasteiger partial charge in [0.15, 0.2) is 0 Å². The predicted octanol–water partition coefficient (Wildman–Crippen LogP) is 10.4. The van der Waals surface area contributed by atoms with Gasteiger partial charge in [-0.15, -0.1) is 0 Å². The molecule has 4 nitrogen and oxygen atoms in total. The third kappa shape index (κ3) is 32.0. The van der Waals surface area contributed by atoms with Crippen molar-refractivity contribution >= 4 is 8.80 Å². The Labute approximate surface area is 305 Å². The summed E-state index contributed by atoms with van der Waals surface area (Å²) in [6.07, 6.45) is 38.4. The predicted molar refractivity (Wildman–Crippen MR) is 207 cm³/mol. The van der Waals surface area contributed by atoms with Crippen molar-refractivity contribution in [3.8, 4) is 0 Å². The molecule has 0 rings (SSSR count). The zero-order valence-corrected chi connectivity index (χ0v) is 35.1. The van der Waals surface area contributed by atoms with E-state index in [-0.39, 0.29) is 12.4 Å². The number of hydrogen-bond donors (Lipinski definition) is 0. The maximum atomic E-state index is 6.44. The second kappa shape index (κ2) is 37.6. The summed E-state index contributed by atoms with van der Waals surface area (Å²) in [6, 6.07) is 0.970. The fourth-order valence-corrected chi connectivity index (χ4v) is 9.62. The maximum Gasteiger partial charge on any atom is 0.501 e. The van der Waals surface area contributed by atoms with Crippen LogP contribution in [0, 0.1) is 0 Å². The molecule has 0 saturated carbocycles. The van der Waals surface area contributed by atoms with Crippen LogP contribution in [0.25, 0.3) is 0 Å². The molecule has 0 aromatic carbocycles. The lowest BCUT2D eigenvalue weighted by Crippen LogP contribution is -3.00. The third-order valence-electron chi connectivity index (χ3n) is 9.86. The van der Waals surface area contributed by atoms with E-state index in [4.69, 9.17) is 13.3 Å². The second-order valence-electron chi connectivity index (χ2n) is 14.9. The SMILES string of the molecule is CCCCCCCCCCCCCC[N+](C)(CCCCCCCCCCCCCC)CCC[Si](OCCC)(OCCC)OCCC.[Cl-]. The average molecular weight is 707 g/mol. The van der Waals surface area contributed by atoms with E-state index < -0.39 is 8.80 Å². The lowest BCUT2D eigenvalue weighted by atomic mass is 10.0. The Balaban J connectivity index is 0. The number of quaternary nitrogens is 1. The zero-order valence-electron chi connectivity index (χ0n) is 33.3. The molecule has 0 unspecified atom stereocenters. The largest absolute Gasteiger partial charge is 1.00 e. The summed E-state index contributed by atoms with van der Waals surface area (Å²) >= 11 is 0. The maximum absolute atomic E-state index is 6.44. The number of nitrogens with zero attached hydrogens (tertiary/aromatic N) is 1. The van der Waals surface area contributed by atoms with E-state index in [0.29, 0.717) is 0 Å². The first-order valence-electron chi connectivity index (χ1n) is 21.3. The highest BCUT2D eigenvalue weighted by molar-refractivity contribution is 6.60. The van der Waals surface area contributed by atoms with Crippen molar-refractivity contribution in [3.05, 3.63) is 0 Å². The minimum absolute atomic E-state index is 0. The summed E-state index contributed by atoms with van der Waals surface area (Å²) in [4.78, 5) is 0. The molecule has 0 spiro atoms. The molecule has 286 valence electrons. The van der Waals surface area contributed by atoms with Gasteiger partial charge in [-0.25, -0.2) is 0 Å². The highest BCUT2D eigenvalue weighted by atomic mass is 35.5. The monoisotopic (exact) mass is 706 g/mol. The summed E-state index contributed by atoms with van der Waals surface area (Å²) in [5, 5.41) is 0. The van der Waals surface area contributed by atoms with Gasteiger partial charge in [0.2, 0.25) is 0 Å². The zero-order chi connectivity index (χ0) is 33.9. The normalized spacial score (nSPS) is 12.1. The molecule has 47 heavy (non-hydrogen) atoms. The first kappa shape index (κ1) is 49.5. The molecule has 0 aliphatic rings. The smallest absolute Gasteiger partial charge is 0.501 e. The van der Waals surface area contributed by atoms with Crippen LogP contribution in [0.3, 0.4) is 0 Å². The van der Waals surface area contributed by atoms with Gasteiger partial charge in [0, 0.05) is 32.3 Å². The van der Waals surface area contributed by atoms with Crippen LogP contribution in [0.4, 0.5) is 0 Å². The number of hydrogen-bond acceptors (Lipinski definition) is 3. The van der Waals surface area contributed by atoms with Crippen LogP contribution in [0.1, 0.15) is 214 Å². The average Bonchev–Trinajstić information content (AvgIpc) is 3.06. The fourth-order valence-electron chi connectivity index (χ4n) is 6.80. The quantitative estimate of drug-likeness (QED) is 0.0362. The standard InChI is InChI=1S/C41H88NO3Si.ClH/c1-7-12-14-16-18-20-22-24-26-28-30-32-35-42(6,36-33-31-29-27-25-23-21-19-17-15-13-8-2)37-34-41-46(43-38-9-3,44-39-10-4)45-40-11-5;/h7-41H2,1-6H3;1H/q+1;/p-1. The van der Waals surface area contributed by atoms with Crippen molar-refractivity contribution in [3.63, 3.8) is 0 Å². The molecule has 0 N–H and O–H groups in total. The van der Waals surface area contributed by atoms with Crippen molar-refractivity contribution in [2.75, 3.05) is 46.5 Å². The fraction of sp³-hybridized carbons (Fsp3) is 1.00. The Morgan fingerprint density at radius 2 is 0.596 bits per heavy atom. The Morgan fingerprint density at radius 1 is 0.340 bits per heavy atom. The van der Waals surface area contributed by atoms with Gasteiger partial charge in [0.05, 0.1) is 26.7 Å². The topological polar surface area (TPSA) is 27.7 Å². The Kier molecular flexibility index (Phi) is 39.6. The number of halogens is 1. The molecule has 0 aromatic rings. The highest BCUT2D eigenvalue weighted by Crippen LogP contribution is 2.23. The lowest BCUT2D eigenvalue weighted by Gasteiger charge is -2.36. The first-order chi connectivity index (χ1) is 22.5. The molecule has 0 amide bonds. The first-order valence-corrected chi connectivity index (χ1v) is 23.2. The van der Waals surface area contributed by atoms with Crippen molar-refractivity contribution < 1.29 is 30.2 Å². The van der Waals surface area contributed by atoms with Gasteiger partial charge in [-0.3, -0.25) is 0 Å². The van der Waals surface area contributed by atoms with Gasteiger partial charge in [-0.05, 0) is 44.9 Å². The van der Waals surface area contributed by atoms with Gasteiger partial charge < -0.3 is 30.2 Å². The van der Waals surface area contributed by atoms with Gasteiger partial charge in [0.1, 0.15) is 0 Å². The van der Waals surface area contributed by atoms with Crippen molar-refractivity contribution in [1.82, 2.24) is 0 Å². The van der Waals surface area contributed by atoms with E-state index in [9.17, 15) is 0 Å². The summed E-state index contributed by atoms with van der Waals surface area (Å²) in [5.41, 5.74) is 0. The van der Waals surface area contributed by atoms with Gasteiger partial charge in [-0.1, -0.05) is 163 Å². The summed E-state index contributed by atoms with van der Waals surface area (Å²) in [6.45, 7) is 17.3. The summed E-state index contributed by atoms with van der Waals surface area (Å²) in [7, 11) is -0.0593. The number of rotatable bonds is 39. The van der Waals surface area contributed by atoms with Crippen LogP contribution in [0.5, 0.6) is 0 Å².